The fourth-order valence-electron chi connectivity index (χ4n) is 4.11. The Morgan fingerprint density at radius 1 is 1.10 bits per heavy atom. The Morgan fingerprint density at radius 2 is 1.93 bits per heavy atom. The molecule has 4 aliphatic rings. The number of likely N-dealkylation sites (N-methyl/N-ethyl adjacent to an activating group) is 2. The number of allylic oxidation sites excluding steroid dienone is 2. The van der Waals surface area contributed by atoms with Gasteiger partial charge >= 0.3 is 0 Å². The first-order chi connectivity index (χ1) is 14.6. The monoisotopic (exact) mass is 400 g/mol. The molecule has 0 radical (unpaired) electrons. The lowest BCUT2D eigenvalue weighted by Crippen LogP contribution is -2.45. The van der Waals surface area contributed by atoms with Crippen molar-refractivity contribution in [3.63, 3.8) is 0 Å². The first-order valence-electron chi connectivity index (χ1n) is 9.94. The lowest BCUT2D eigenvalue weighted by Gasteiger charge is -2.37. The minimum Gasteiger partial charge on any atom is -0.445 e. The Labute approximate surface area is 175 Å². The molecule has 3 aliphatic heterocycles. The average Bonchev–Trinajstić information content (AvgIpc) is 3.24. The number of hydrogen-bond acceptors (Lipinski definition) is 7. The van der Waals surface area contributed by atoms with Crippen molar-refractivity contribution in [2.75, 3.05) is 14.1 Å². The van der Waals surface area contributed by atoms with Gasteiger partial charge in [0.05, 0.1) is 12.1 Å². The van der Waals surface area contributed by atoms with Gasteiger partial charge in [-0.3, -0.25) is 5.43 Å². The van der Waals surface area contributed by atoms with Crippen LogP contribution in [0.3, 0.4) is 0 Å². The molecule has 1 aromatic rings. The number of rotatable bonds is 3. The summed E-state index contributed by atoms with van der Waals surface area (Å²) in [5.41, 5.74) is 13.4. The van der Waals surface area contributed by atoms with Crippen molar-refractivity contribution in [1.82, 2.24) is 15.2 Å². The summed E-state index contributed by atoms with van der Waals surface area (Å²) in [6.07, 6.45) is 14.3. The van der Waals surface area contributed by atoms with E-state index in [0.717, 1.165) is 16.8 Å². The number of benzene rings is 1. The maximum absolute atomic E-state index is 6.25. The number of aliphatic imine (C=N–C) groups is 1. The van der Waals surface area contributed by atoms with E-state index in [1.54, 1.807) is 0 Å². The summed E-state index contributed by atoms with van der Waals surface area (Å²) in [5, 5.41) is 4.36. The maximum atomic E-state index is 6.25. The Hall–Kier alpha value is -3.74. The van der Waals surface area contributed by atoms with Crippen LogP contribution < -0.4 is 11.2 Å². The van der Waals surface area contributed by atoms with Gasteiger partial charge in [0.15, 0.2) is 0 Å². The van der Waals surface area contributed by atoms with Crippen molar-refractivity contribution in [2.45, 2.75) is 18.3 Å². The third kappa shape index (κ3) is 3.08. The molecular weight excluding hydrogens is 376 g/mol. The lowest BCUT2D eigenvalue weighted by molar-refractivity contribution is 0.176. The second-order valence-corrected chi connectivity index (χ2v) is 7.64. The summed E-state index contributed by atoms with van der Waals surface area (Å²) in [6, 6.07) is 10.0. The van der Waals surface area contributed by atoms with Gasteiger partial charge < -0.3 is 20.3 Å². The third-order valence-corrected chi connectivity index (χ3v) is 5.73. The van der Waals surface area contributed by atoms with Crippen LogP contribution in [-0.4, -0.2) is 54.3 Å². The molecule has 30 heavy (non-hydrogen) atoms. The van der Waals surface area contributed by atoms with Crippen molar-refractivity contribution < 1.29 is 4.74 Å². The van der Waals surface area contributed by atoms with Crippen LogP contribution >= 0.6 is 0 Å². The number of nitrogens with zero attached hydrogens (tertiary/aromatic N) is 4. The number of ether oxygens (including phenoxy) is 1. The van der Waals surface area contributed by atoms with Gasteiger partial charge in [-0.05, 0) is 35.6 Å². The van der Waals surface area contributed by atoms with Crippen LogP contribution in [0.15, 0.2) is 99.7 Å². The molecule has 0 fully saturated rings. The molecular formula is C23H24N6O. The van der Waals surface area contributed by atoms with Gasteiger partial charge in [-0.25, -0.2) is 4.99 Å². The molecule has 0 amide bonds. The van der Waals surface area contributed by atoms with Gasteiger partial charge in [0.25, 0.3) is 0 Å². The maximum Gasteiger partial charge on any atom is 0.240 e. The topological polar surface area (TPSA) is 78.5 Å². The van der Waals surface area contributed by atoms with Crippen molar-refractivity contribution >= 4 is 12.1 Å². The Bertz CT molecular complexity index is 1060. The second kappa shape index (κ2) is 7.26. The first-order valence-corrected chi connectivity index (χ1v) is 9.94. The first kappa shape index (κ1) is 18.3. The van der Waals surface area contributed by atoms with Gasteiger partial charge in [0.1, 0.15) is 11.5 Å². The normalized spacial score (nSPS) is 27.3. The van der Waals surface area contributed by atoms with Crippen LogP contribution in [0.5, 0.6) is 0 Å². The Balaban J connectivity index is 1.37. The predicted molar refractivity (Wildman–Crippen MR) is 118 cm³/mol. The van der Waals surface area contributed by atoms with E-state index >= 15 is 0 Å². The van der Waals surface area contributed by atoms with Gasteiger partial charge in [0, 0.05) is 25.9 Å². The number of hydrogen-bond donors (Lipinski definition) is 2. The molecule has 7 heteroatoms. The van der Waals surface area contributed by atoms with E-state index < -0.39 is 6.23 Å². The summed E-state index contributed by atoms with van der Waals surface area (Å²) in [4.78, 5) is 8.78. The lowest BCUT2D eigenvalue weighted by atomic mass is 9.90. The Morgan fingerprint density at radius 3 is 2.77 bits per heavy atom. The van der Waals surface area contributed by atoms with Crippen molar-refractivity contribution in [1.29, 1.82) is 0 Å². The number of nitrogens with two attached hydrogens (primary N) is 1. The van der Waals surface area contributed by atoms with E-state index in [4.69, 9.17) is 10.5 Å². The molecule has 0 spiro atoms. The summed E-state index contributed by atoms with van der Waals surface area (Å²) in [5.74, 6) is 0.968. The molecule has 0 bridgehead atoms. The van der Waals surface area contributed by atoms with Gasteiger partial charge in [-0.2, -0.15) is 0 Å². The Kier molecular flexibility index (Phi) is 4.43. The number of nitrogens with one attached hydrogen (secondary N) is 1. The summed E-state index contributed by atoms with van der Waals surface area (Å²) < 4.78 is 6.08. The van der Waals surface area contributed by atoms with Crippen LogP contribution in [0.2, 0.25) is 0 Å². The molecule has 3 atom stereocenters. The highest BCUT2D eigenvalue weighted by Gasteiger charge is 2.35. The number of hydrazone groups is 1. The minimum absolute atomic E-state index is 0.0483. The fraction of sp³-hybridized carbons (Fsp3) is 0.217. The van der Waals surface area contributed by atoms with Crippen molar-refractivity contribution in [2.24, 2.45) is 15.8 Å². The molecule has 0 saturated carbocycles. The zero-order valence-corrected chi connectivity index (χ0v) is 16.9. The van der Waals surface area contributed by atoms with E-state index in [1.807, 2.05) is 43.6 Å². The predicted octanol–water partition coefficient (Wildman–Crippen LogP) is 2.06. The van der Waals surface area contributed by atoms with Crippen LogP contribution in [0.1, 0.15) is 5.56 Å². The summed E-state index contributed by atoms with van der Waals surface area (Å²) >= 11 is 0. The zero-order valence-electron chi connectivity index (χ0n) is 16.9. The van der Waals surface area contributed by atoms with Gasteiger partial charge in [0.2, 0.25) is 12.1 Å². The average molecular weight is 400 g/mol. The standard InChI is InChI=1S/C23H24N6O/c1-28-12-6-9-16-13-17(10-11-18(16)28)19-14-25-21(24)20(29(19)2)23-27-26-22(30-23)15-7-4-3-5-8-15/h3-14,18-19,23,27H,24H2,1-2H3. The van der Waals surface area contributed by atoms with Crippen LogP contribution in [0.4, 0.5) is 0 Å². The van der Waals surface area contributed by atoms with E-state index in [9.17, 15) is 0 Å². The third-order valence-electron chi connectivity index (χ3n) is 5.73. The molecule has 3 heterocycles. The molecule has 3 unspecified atom stereocenters. The van der Waals surface area contributed by atoms with E-state index in [0.29, 0.717) is 11.7 Å². The van der Waals surface area contributed by atoms with Gasteiger partial charge in [-0.1, -0.05) is 42.5 Å². The van der Waals surface area contributed by atoms with E-state index in [-0.39, 0.29) is 12.1 Å². The molecule has 5 rings (SSSR count). The molecule has 1 aromatic carbocycles. The van der Waals surface area contributed by atoms with E-state index in [2.05, 4.69) is 68.9 Å². The molecule has 0 saturated heterocycles. The zero-order chi connectivity index (χ0) is 20.7. The van der Waals surface area contributed by atoms with Crippen molar-refractivity contribution in [3.05, 3.63) is 95.1 Å². The van der Waals surface area contributed by atoms with E-state index in [1.165, 1.54) is 5.57 Å². The summed E-state index contributed by atoms with van der Waals surface area (Å²) in [7, 11) is 4.09. The molecule has 0 aromatic heterocycles. The smallest absolute Gasteiger partial charge is 0.240 e. The highest BCUT2D eigenvalue weighted by atomic mass is 16.5. The minimum atomic E-state index is -0.492. The summed E-state index contributed by atoms with van der Waals surface area (Å²) in [6.45, 7) is 0. The van der Waals surface area contributed by atoms with Crippen molar-refractivity contribution in [3.8, 4) is 0 Å². The highest BCUT2D eigenvalue weighted by molar-refractivity contribution is 5.95. The largest absolute Gasteiger partial charge is 0.445 e. The quantitative estimate of drug-likeness (QED) is 0.812. The molecule has 1 aliphatic carbocycles. The van der Waals surface area contributed by atoms with Gasteiger partial charge in [-0.15, -0.1) is 5.10 Å². The SMILES string of the molecule is CN1C=CC=C2C=C(C3C=NC(N)=C(C4NN=C(c5ccccc5)O4)N3C)C=CC21. The van der Waals surface area contributed by atoms with Crippen LogP contribution in [0.25, 0.3) is 0 Å². The van der Waals surface area contributed by atoms with Crippen LogP contribution in [0, 0.1) is 0 Å². The number of fused-ring (bicyclic) bond motifs is 1. The molecule has 3 N–H and O–H groups in total. The second-order valence-electron chi connectivity index (χ2n) is 7.64. The molecule has 152 valence electrons. The van der Waals surface area contributed by atoms with Crippen LogP contribution in [-0.2, 0) is 4.74 Å². The highest BCUT2D eigenvalue weighted by Crippen LogP contribution is 2.30. The molecule has 7 nitrogen and oxygen atoms in total. The fourth-order valence-corrected chi connectivity index (χ4v) is 4.11.